The summed E-state index contributed by atoms with van der Waals surface area (Å²) >= 11 is 0. The van der Waals surface area contributed by atoms with E-state index in [1.54, 1.807) is 0 Å². The van der Waals surface area contributed by atoms with Crippen molar-refractivity contribution in [3.05, 3.63) is 0 Å². The van der Waals surface area contributed by atoms with Crippen molar-refractivity contribution in [3.63, 3.8) is 0 Å². The molecule has 0 unspecified atom stereocenters. The Bertz CT molecular complexity index is 333. The van der Waals surface area contributed by atoms with Gasteiger partial charge < -0.3 is 25.4 Å². The van der Waals surface area contributed by atoms with E-state index in [0.29, 0.717) is 52.1 Å². The van der Waals surface area contributed by atoms with E-state index in [1.165, 1.54) is 39.0 Å². The third-order valence-electron chi connectivity index (χ3n) is 3.72. The van der Waals surface area contributed by atoms with Crippen LogP contribution in [-0.4, -0.2) is 63.9 Å². The van der Waals surface area contributed by atoms with E-state index >= 15 is 0 Å². The van der Waals surface area contributed by atoms with Gasteiger partial charge in [-0.15, -0.1) is 0 Å². The van der Waals surface area contributed by atoms with Crippen LogP contribution >= 0.6 is 0 Å². The number of hydrogen-bond acceptors (Lipinski definition) is 5. The summed E-state index contributed by atoms with van der Waals surface area (Å²) in [6.45, 7) is 4.80. The normalized spacial score (nSPS) is 15.3. The van der Waals surface area contributed by atoms with E-state index < -0.39 is 0 Å². The van der Waals surface area contributed by atoms with Crippen molar-refractivity contribution in [1.29, 1.82) is 0 Å². The summed E-state index contributed by atoms with van der Waals surface area (Å²) in [6, 6.07) is 0.500. The van der Waals surface area contributed by atoms with Crippen molar-refractivity contribution >= 4 is 11.8 Å². The van der Waals surface area contributed by atoms with E-state index in [-0.39, 0.29) is 11.8 Å². The summed E-state index contributed by atoms with van der Waals surface area (Å²) in [5.41, 5.74) is 0. The maximum absolute atomic E-state index is 11.7. The molecule has 0 bridgehead atoms. The zero-order valence-electron chi connectivity index (χ0n) is 14.2. The number of amides is 2. The minimum atomic E-state index is -0.0569. The quantitative estimate of drug-likeness (QED) is 0.445. The molecule has 7 nitrogen and oxygen atoms in total. The first-order valence-corrected chi connectivity index (χ1v) is 8.58. The van der Waals surface area contributed by atoms with Gasteiger partial charge >= 0.3 is 0 Å². The van der Waals surface area contributed by atoms with Crippen LogP contribution in [0.25, 0.3) is 0 Å². The molecule has 0 aromatic heterocycles. The molecule has 1 rings (SSSR count). The van der Waals surface area contributed by atoms with E-state index in [1.807, 2.05) is 0 Å². The van der Waals surface area contributed by atoms with Crippen LogP contribution in [0.4, 0.5) is 0 Å². The van der Waals surface area contributed by atoms with Gasteiger partial charge in [-0.2, -0.15) is 0 Å². The van der Waals surface area contributed by atoms with Crippen LogP contribution in [0.15, 0.2) is 0 Å². The van der Waals surface area contributed by atoms with Gasteiger partial charge in [-0.1, -0.05) is 19.3 Å². The molecule has 0 aliphatic heterocycles. The van der Waals surface area contributed by atoms with Crippen molar-refractivity contribution in [2.45, 2.75) is 45.1 Å². The van der Waals surface area contributed by atoms with Crippen molar-refractivity contribution in [2.75, 3.05) is 46.1 Å². The van der Waals surface area contributed by atoms with E-state index in [2.05, 4.69) is 16.0 Å². The van der Waals surface area contributed by atoms with Gasteiger partial charge in [-0.25, -0.2) is 0 Å². The van der Waals surface area contributed by atoms with E-state index in [0.717, 1.165) is 0 Å². The second-order valence-electron chi connectivity index (χ2n) is 5.77. The van der Waals surface area contributed by atoms with Crippen LogP contribution in [0.5, 0.6) is 0 Å². The Morgan fingerprint density at radius 2 is 1.52 bits per heavy atom. The lowest BCUT2D eigenvalue weighted by Gasteiger charge is -2.22. The van der Waals surface area contributed by atoms with Crippen LogP contribution in [0, 0.1) is 0 Å². The Morgan fingerprint density at radius 3 is 2.13 bits per heavy atom. The van der Waals surface area contributed by atoms with Gasteiger partial charge in [0.1, 0.15) is 0 Å². The molecule has 0 aromatic rings. The smallest absolute Gasteiger partial charge is 0.234 e. The summed E-state index contributed by atoms with van der Waals surface area (Å²) < 4.78 is 10.6. The summed E-state index contributed by atoms with van der Waals surface area (Å²) in [6.07, 6.45) is 6.20. The predicted molar refractivity (Wildman–Crippen MR) is 88.2 cm³/mol. The average Bonchev–Trinajstić information content (AvgIpc) is 2.55. The molecular formula is C16H31N3O4. The Hall–Kier alpha value is -1.18. The molecule has 1 aliphatic rings. The molecule has 2 amide bonds. The fraction of sp³-hybridized carbons (Fsp3) is 0.875. The molecular weight excluding hydrogens is 298 g/mol. The fourth-order valence-corrected chi connectivity index (χ4v) is 2.49. The number of hydrogen-bond donors (Lipinski definition) is 3. The predicted octanol–water partition coefficient (Wildman–Crippen LogP) is 0.194. The van der Waals surface area contributed by atoms with Gasteiger partial charge in [0, 0.05) is 26.1 Å². The van der Waals surface area contributed by atoms with Crippen molar-refractivity contribution < 1.29 is 19.1 Å². The molecule has 1 aliphatic carbocycles. The monoisotopic (exact) mass is 329 g/mol. The van der Waals surface area contributed by atoms with Gasteiger partial charge in [-0.05, 0) is 12.8 Å². The first kappa shape index (κ1) is 19.9. The highest BCUT2D eigenvalue weighted by molar-refractivity contribution is 5.77. The highest BCUT2D eigenvalue weighted by Crippen LogP contribution is 2.16. The van der Waals surface area contributed by atoms with Crippen molar-refractivity contribution in [3.8, 4) is 0 Å². The molecule has 0 radical (unpaired) electrons. The fourth-order valence-electron chi connectivity index (χ4n) is 2.49. The molecule has 0 heterocycles. The molecule has 134 valence electrons. The minimum absolute atomic E-state index is 0.0192. The Balaban J connectivity index is 1.81. The Kier molecular flexibility index (Phi) is 11.5. The zero-order valence-corrected chi connectivity index (χ0v) is 14.2. The largest absolute Gasteiger partial charge is 0.377 e. The summed E-state index contributed by atoms with van der Waals surface area (Å²) in [4.78, 5) is 22.3. The molecule has 0 aromatic carbocycles. The molecule has 3 N–H and O–H groups in total. The highest BCUT2D eigenvalue weighted by atomic mass is 16.5. The molecule has 0 spiro atoms. The highest BCUT2D eigenvalue weighted by Gasteiger charge is 2.13. The van der Waals surface area contributed by atoms with Crippen molar-refractivity contribution in [2.24, 2.45) is 0 Å². The standard InChI is InChI=1S/C16H31N3O4/c1-14(20)17-7-9-22-11-12-23-10-8-18-16(21)13-19-15-5-3-2-4-6-15/h15,19H,2-13H2,1H3,(H,17,20)(H,18,21). The number of nitrogens with one attached hydrogen (secondary N) is 3. The Labute approximate surface area is 138 Å². The minimum Gasteiger partial charge on any atom is -0.377 e. The van der Waals surface area contributed by atoms with Crippen LogP contribution in [0.1, 0.15) is 39.0 Å². The van der Waals surface area contributed by atoms with Gasteiger partial charge in [0.05, 0.1) is 33.0 Å². The molecule has 1 fully saturated rings. The SMILES string of the molecule is CC(=O)NCCOCCOCCNC(=O)CNC1CCCCC1. The van der Waals surface area contributed by atoms with E-state index in [9.17, 15) is 9.59 Å². The maximum Gasteiger partial charge on any atom is 0.234 e. The Morgan fingerprint density at radius 1 is 0.913 bits per heavy atom. The molecule has 1 saturated carbocycles. The lowest BCUT2D eigenvalue weighted by molar-refractivity contribution is -0.121. The molecule has 23 heavy (non-hydrogen) atoms. The summed E-state index contributed by atoms with van der Waals surface area (Å²) in [5, 5.41) is 8.78. The van der Waals surface area contributed by atoms with Gasteiger partial charge in [0.2, 0.25) is 11.8 Å². The van der Waals surface area contributed by atoms with Crippen LogP contribution < -0.4 is 16.0 Å². The maximum atomic E-state index is 11.7. The van der Waals surface area contributed by atoms with Gasteiger partial charge in [0.25, 0.3) is 0 Å². The third-order valence-corrected chi connectivity index (χ3v) is 3.72. The van der Waals surface area contributed by atoms with Crippen LogP contribution in [0.3, 0.4) is 0 Å². The van der Waals surface area contributed by atoms with Crippen LogP contribution in [0.2, 0.25) is 0 Å². The average molecular weight is 329 g/mol. The second kappa shape index (κ2) is 13.3. The number of rotatable bonds is 12. The van der Waals surface area contributed by atoms with Crippen molar-refractivity contribution in [1.82, 2.24) is 16.0 Å². The van der Waals surface area contributed by atoms with E-state index in [4.69, 9.17) is 9.47 Å². The molecule has 0 atom stereocenters. The first-order chi connectivity index (χ1) is 11.2. The second-order valence-corrected chi connectivity index (χ2v) is 5.77. The number of carbonyl (C=O) groups excluding carboxylic acids is 2. The molecule has 7 heteroatoms. The molecule has 0 saturated heterocycles. The lowest BCUT2D eigenvalue weighted by Crippen LogP contribution is -2.40. The first-order valence-electron chi connectivity index (χ1n) is 8.58. The summed E-state index contributed by atoms with van der Waals surface area (Å²) in [7, 11) is 0. The summed E-state index contributed by atoms with van der Waals surface area (Å²) in [5.74, 6) is -0.0377. The topological polar surface area (TPSA) is 88.7 Å². The van der Waals surface area contributed by atoms with Crippen LogP contribution in [-0.2, 0) is 19.1 Å². The zero-order chi connectivity index (χ0) is 16.8. The number of ether oxygens (including phenoxy) is 2. The van der Waals surface area contributed by atoms with Gasteiger partial charge in [0.15, 0.2) is 0 Å². The van der Waals surface area contributed by atoms with Gasteiger partial charge in [-0.3, -0.25) is 9.59 Å². The lowest BCUT2D eigenvalue weighted by atomic mass is 9.95. The third kappa shape index (κ3) is 12.0. The number of carbonyl (C=O) groups is 2.